The number of piperidine rings is 1. The molecule has 3 heterocycles. The van der Waals surface area contributed by atoms with Crippen molar-refractivity contribution in [2.45, 2.75) is 95.9 Å². The molecule has 4 fully saturated rings. The maximum absolute atomic E-state index is 13.6. The summed E-state index contributed by atoms with van der Waals surface area (Å²) in [6.07, 6.45) is 7.82. The van der Waals surface area contributed by atoms with Crippen molar-refractivity contribution in [1.82, 2.24) is 14.8 Å². The number of nitrogens with zero attached hydrogens (tertiary/aromatic N) is 3. The Kier molecular flexibility index (Phi) is 9.16. The topological polar surface area (TPSA) is 81.2 Å². The van der Waals surface area contributed by atoms with Gasteiger partial charge >= 0.3 is 12.1 Å². The van der Waals surface area contributed by atoms with Gasteiger partial charge in [0.25, 0.3) is 0 Å². The molecule has 0 bridgehead atoms. The molecule has 1 amide bonds. The maximum atomic E-state index is 13.6. The van der Waals surface area contributed by atoms with Gasteiger partial charge in [0.1, 0.15) is 23.8 Å². The number of pyridine rings is 1. The number of benzene rings is 2. The predicted octanol–water partition coefficient (Wildman–Crippen LogP) is 7.64. The van der Waals surface area contributed by atoms with Crippen LogP contribution in [0.5, 0.6) is 5.75 Å². The number of carbonyl (C=O) groups is 2. The number of carbonyl (C=O) groups excluding carboxylic acids is 2. The van der Waals surface area contributed by atoms with E-state index < -0.39 is 11.0 Å². The Hall–Kier alpha value is -3.98. The first-order valence-electron chi connectivity index (χ1n) is 17.6. The molecule has 0 atom stereocenters. The molecule has 2 aromatic carbocycles. The summed E-state index contributed by atoms with van der Waals surface area (Å²) in [7, 11) is 0. The van der Waals surface area contributed by atoms with Gasteiger partial charge < -0.3 is 19.1 Å². The van der Waals surface area contributed by atoms with E-state index >= 15 is 0 Å². The standard InChI is InChI=1S/C39H46FN3O5/c1-3-46-35-22-33(34-12-11-30(40)23-41-34)32(28-9-10-28)21-29(35)24-42-19-17-39(18-20-42)26-43(37(45)48-39)31-13-15-38(2,16-14-31)36(44)47-25-27-7-5-4-6-8-27/h4-8,11-12,21-23,28,31H,3,9-10,13-20,24-26H2,1-2H3. The molecule has 0 radical (unpaired) electrons. The molecule has 2 aliphatic heterocycles. The summed E-state index contributed by atoms with van der Waals surface area (Å²) in [5.41, 5.74) is 4.17. The van der Waals surface area contributed by atoms with Gasteiger partial charge in [-0.2, -0.15) is 0 Å². The molecular weight excluding hydrogens is 609 g/mol. The van der Waals surface area contributed by atoms with E-state index in [1.807, 2.05) is 49.1 Å². The van der Waals surface area contributed by atoms with Crippen molar-refractivity contribution in [1.29, 1.82) is 0 Å². The minimum Gasteiger partial charge on any atom is -0.494 e. The SMILES string of the molecule is CCOc1cc(-c2ccc(F)cn2)c(C2CC2)cc1CN1CCC2(CC1)CN(C1CCC(C)(C(=O)OCc3ccccc3)CC1)C(=O)O2. The van der Waals surface area contributed by atoms with Gasteiger partial charge in [0, 0.05) is 49.6 Å². The Bertz CT molecular complexity index is 1610. The smallest absolute Gasteiger partial charge is 0.410 e. The van der Waals surface area contributed by atoms with Crippen LogP contribution >= 0.6 is 0 Å². The van der Waals surface area contributed by atoms with Gasteiger partial charge in [-0.25, -0.2) is 9.18 Å². The number of aromatic nitrogens is 1. The summed E-state index contributed by atoms with van der Waals surface area (Å²) < 4.78 is 31.6. The van der Waals surface area contributed by atoms with Crippen molar-refractivity contribution in [3.8, 4) is 17.0 Å². The Morgan fingerprint density at radius 2 is 1.77 bits per heavy atom. The number of amides is 1. The lowest BCUT2D eigenvalue weighted by atomic mass is 9.73. The molecule has 9 heteroatoms. The van der Waals surface area contributed by atoms with Crippen molar-refractivity contribution < 1.29 is 28.2 Å². The molecule has 1 aromatic heterocycles. The number of hydrogen-bond donors (Lipinski definition) is 0. The fourth-order valence-corrected chi connectivity index (χ4v) is 7.75. The van der Waals surface area contributed by atoms with Crippen molar-refractivity contribution in [2.75, 3.05) is 26.2 Å². The normalized spacial score (nSPS) is 24.0. The molecule has 1 spiro atoms. The third kappa shape index (κ3) is 6.93. The molecule has 48 heavy (non-hydrogen) atoms. The average molecular weight is 656 g/mol. The van der Waals surface area contributed by atoms with Crippen LogP contribution in [0.1, 0.15) is 87.8 Å². The predicted molar refractivity (Wildman–Crippen MR) is 180 cm³/mol. The van der Waals surface area contributed by atoms with Crippen LogP contribution in [0.2, 0.25) is 0 Å². The first kappa shape index (κ1) is 32.6. The first-order chi connectivity index (χ1) is 23.2. The van der Waals surface area contributed by atoms with Crippen LogP contribution in [-0.4, -0.2) is 64.7 Å². The summed E-state index contributed by atoms with van der Waals surface area (Å²) in [4.78, 5) is 35.0. The number of hydrogen-bond acceptors (Lipinski definition) is 7. The monoisotopic (exact) mass is 655 g/mol. The van der Waals surface area contributed by atoms with Crippen molar-refractivity contribution in [2.24, 2.45) is 5.41 Å². The highest BCUT2D eigenvalue weighted by Crippen LogP contribution is 2.47. The van der Waals surface area contributed by atoms with Crippen molar-refractivity contribution in [3.05, 3.63) is 83.3 Å². The average Bonchev–Trinajstić information content (AvgIpc) is 3.90. The first-order valence-corrected chi connectivity index (χ1v) is 17.6. The third-order valence-electron chi connectivity index (χ3n) is 10.9. The van der Waals surface area contributed by atoms with Crippen LogP contribution < -0.4 is 4.74 Å². The second-order valence-electron chi connectivity index (χ2n) is 14.4. The molecule has 2 saturated heterocycles. The number of ether oxygens (including phenoxy) is 3. The Morgan fingerprint density at radius 1 is 1.02 bits per heavy atom. The lowest BCUT2D eigenvalue weighted by molar-refractivity contribution is -0.158. The minimum absolute atomic E-state index is 0.0774. The molecule has 0 N–H and O–H groups in total. The summed E-state index contributed by atoms with van der Waals surface area (Å²) in [6.45, 7) is 7.82. The Morgan fingerprint density at radius 3 is 2.44 bits per heavy atom. The van der Waals surface area contributed by atoms with Gasteiger partial charge in [-0.3, -0.25) is 14.7 Å². The zero-order chi connectivity index (χ0) is 33.3. The van der Waals surface area contributed by atoms with Gasteiger partial charge in [0.15, 0.2) is 0 Å². The van der Waals surface area contributed by atoms with Crippen molar-refractivity contribution >= 4 is 12.1 Å². The van der Waals surface area contributed by atoms with Crippen LogP contribution in [0.15, 0.2) is 60.8 Å². The molecule has 4 aliphatic rings. The highest BCUT2D eigenvalue weighted by molar-refractivity contribution is 5.77. The lowest BCUT2D eigenvalue weighted by Gasteiger charge is -2.40. The molecule has 254 valence electrons. The zero-order valence-corrected chi connectivity index (χ0v) is 28.1. The van der Waals surface area contributed by atoms with Crippen molar-refractivity contribution in [3.63, 3.8) is 0 Å². The van der Waals surface area contributed by atoms with Gasteiger partial charge in [0.05, 0.1) is 30.5 Å². The van der Waals surface area contributed by atoms with Gasteiger partial charge in [0.2, 0.25) is 0 Å². The van der Waals surface area contributed by atoms with E-state index in [4.69, 9.17) is 14.2 Å². The summed E-state index contributed by atoms with van der Waals surface area (Å²) >= 11 is 0. The van der Waals surface area contributed by atoms with E-state index in [1.54, 1.807) is 6.07 Å². The number of rotatable bonds is 10. The highest BCUT2D eigenvalue weighted by atomic mass is 19.1. The maximum Gasteiger partial charge on any atom is 0.410 e. The molecule has 8 nitrogen and oxygen atoms in total. The molecule has 3 aromatic rings. The second kappa shape index (κ2) is 13.5. The summed E-state index contributed by atoms with van der Waals surface area (Å²) in [6, 6.07) is 17.4. The minimum atomic E-state index is -0.536. The summed E-state index contributed by atoms with van der Waals surface area (Å²) in [5.74, 6) is 0.837. The molecule has 2 saturated carbocycles. The third-order valence-corrected chi connectivity index (χ3v) is 10.9. The molecule has 2 aliphatic carbocycles. The van der Waals surface area contributed by atoms with E-state index in [-0.39, 0.29) is 30.5 Å². The summed E-state index contributed by atoms with van der Waals surface area (Å²) in [5, 5.41) is 0. The van der Waals surface area contributed by atoms with E-state index in [9.17, 15) is 14.0 Å². The lowest BCUT2D eigenvalue weighted by Crippen LogP contribution is -2.48. The van der Waals surface area contributed by atoms with Crippen LogP contribution in [-0.2, 0) is 27.4 Å². The Balaban J connectivity index is 0.956. The van der Waals surface area contributed by atoms with Gasteiger partial charge in [-0.1, -0.05) is 30.3 Å². The fraction of sp³-hybridized carbons (Fsp3) is 0.513. The Labute approximate surface area is 282 Å². The van der Waals surface area contributed by atoms with E-state index in [2.05, 4.69) is 22.0 Å². The van der Waals surface area contributed by atoms with E-state index in [1.165, 1.54) is 17.8 Å². The molecule has 0 unspecified atom stereocenters. The van der Waals surface area contributed by atoms with Crippen LogP contribution in [0.3, 0.4) is 0 Å². The van der Waals surface area contributed by atoms with Gasteiger partial charge in [-0.15, -0.1) is 0 Å². The van der Waals surface area contributed by atoms with Crippen LogP contribution in [0.4, 0.5) is 9.18 Å². The quantitative estimate of drug-likeness (QED) is 0.208. The number of esters is 1. The van der Waals surface area contributed by atoms with Gasteiger partial charge in [-0.05, 0) is 93.7 Å². The van der Waals surface area contributed by atoms with E-state index in [0.29, 0.717) is 31.9 Å². The molecule has 7 rings (SSSR count). The molecular formula is C39H46FN3O5. The number of halogens is 1. The highest BCUT2D eigenvalue weighted by Gasteiger charge is 2.50. The second-order valence-corrected chi connectivity index (χ2v) is 14.4. The fourth-order valence-electron chi connectivity index (χ4n) is 7.75. The van der Waals surface area contributed by atoms with Crippen LogP contribution in [0.25, 0.3) is 11.3 Å². The number of likely N-dealkylation sites (tertiary alicyclic amines) is 1. The van der Waals surface area contributed by atoms with E-state index in [0.717, 1.165) is 86.3 Å². The largest absolute Gasteiger partial charge is 0.494 e. The van der Waals surface area contributed by atoms with Crippen LogP contribution in [0, 0.1) is 11.2 Å². The zero-order valence-electron chi connectivity index (χ0n) is 28.1.